The molecule has 0 atom stereocenters. The molecular weight excluding hydrogens is 400 g/mol. The number of hydrogen-bond acceptors (Lipinski definition) is 3. The zero-order valence-corrected chi connectivity index (χ0v) is 18.4. The van der Waals surface area contributed by atoms with E-state index in [9.17, 15) is 9.59 Å². The Bertz CT molecular complexity index is 951. The Morgan fingerprint density at radius 3 is 2.16 bits per heavy atom. The van der Waals surface area contributed by atoms with E-state index < -0.39 is 0 Å². The number of carbonyl (C=O) groups is 2. The minimum absolute atomic E-state index is 0.0470. The van der Waals surface area contributed by atoms with Gasteiger partial charge in [-0.1, -0.05) is 66.7 Å². The van der Waals surface area contributed by atoms with Gasteiger partial charge in [0, 0.05) is 43.3 Å². The number of rotatable bonds is 11. The summed E-state index contributed by atoms with van der Waals surface area (Å²) in [5, 5.41) is 5.83. The Balaban J connectivity index is 1.63. The Hall–Kier alpha value is -3.44. The third-order valence-corrected chi connectivity index (χ3v) is 5.16. The van der Waals surface area contributed by atoms with Gasteiger partial charge in [0.1, 0.15) is 0 Å². The van der Waals surface area contributed by atoms with Crippen molar-refractivity contribution in [3.8, 4) is 0 Å². The molecule has 5 nitrogen and oxygen atoms in total. The van der Waals surface area contributed by atoms with Gasteiger partial charge >= 0.3 is 0 Å². The zero-order chi connectivity index (χ0) is 22.6. The minimum atomic E-state index is -0.163. The largest absolute Gasteiger partial charge is 0.382 e. The van der Waals surface area contributed by atoms with E-state index in [0.29, 0.717) is 37.4 Å². The molecular formula is C27H30N2O3. The molecule has 0 unspecified atom stereocenters. The number of ether oxygens (including phenoxy) is 1. The van der Waals surface area contributed by atoms with E-state index in [0.717, 1.165) is 17.5 Å². The van der Waals surface area contributed by atoms with E-state index in [2.05, 4.69) is 10.6 Å². The molecule has 166 valence electrons. The van der Waals surface area contributed by atoms with Gasteiger partial charge in [0.2, 0.25) is 5.91 Å². The highest BCUT2D eigenvalue weighted by Gasteiger charge is 2.18. The molecule has 0 bridgehead atoms. The Labute approximate surface area is 189 Å². The molecule has 3 rings (SSSR count). The lowest BCUT2D eigenvalue weighted by Gasteiger charge is -2.18. The lowest BCUT2D eigenvalue weighted by molar-refractivity contribution is -0.116. The van der Waals surface area contributed by atoms with Crippen LogP contribution in [0.3, 0.4) is 0 Å². The summed E-state index contributed by atoms with van der Waals surface area (Å²) in [4.78, 5) is 25.3. The van der Waals surface area contributed by atoms with Gasteiger partial charge in [0.05, 0.1) is 0 Å². The van der Waals surface area contributed by atoms with E-state index in [1.165, 1.54) is 0 Å². The molecule has 0 aliphatic carbocycles. The maximum Gasteiger partial charge on any atom is 0.251 e. The first kappa shape index (κ1) is 23.2. The SMILES string of the molecule is CCOCCCNC(=O)c1cccc(NC(=O)CC(c2ccccc2)c2ccccc2)c1. The molecule has 2 N–H and O–H groups in total. The second-order valence-electron chi connectivity index (χ2n) is 7.51. The molecule has 32 heavy (non-hydrogen) atoms. The predicted octanol–water partition coefficient (Wildman–Crippen LogP) is 5.00. The standard InChI is InChI=1S/C27H30N2O3/c1-2-32-18-10-17-28-27(31)23-15-9-16-24(19-23)29-26(30)20-25(21-11-5-3-6-12-21)22-13-7-4-8-14-22/h3-9,11-16,19,25H,2,10,17-18,20H2,1H3,(H,28,31)(H,29,30). The van der Waals surface area contributed by atoms with Crippen LogP contribution in [0.25, 0.3) is 0 Å². The molecule has 3 aromatic rings. The molecule has 2 amide bonds. The van der Waals surface area contributed by atoms with Crippen LogP contribution in [0.15, 0.2) is 84.9 Å². The summed E-state index contributed by atoms with van der Waals surface area (Å²) in [5.74, 6) is -0.310. The van der Waals surface area contributed by atoms with E-state index in [-0.39, 0.29) is 17.7 Å². The number of carbonyl (C=O) groups excluding carboxylic acids is 2. The molecule has 3 aromatic carbocycles. The first-order chi connectivity index (χ1) is 15.7. The van der Waals surface area contributed by atoms with E-state index in [1.54, 1.807) is 24.3 Å². The maximum atomic E-state index is 12.9. The topological polar surface area (TPSA) is 67.4 Å². The first-order valence-electron chi connectivity index (χ1n) is 11.0. The van der Waals surface area contributed by atoms with Gasteiger partial charge in [-0.15, -0.1) is 0 Å². The molecule has 0 aliphatic rings. The van der Waals surface area contributed by atoms with Crippen molar-refractivity contribution in [1.82, 2.24) is 5.32 Å². The van der Waals surface area contributed by atoms with E-state index in [4.69, 9.17) is 4.74 Å². The van der Waals surface area contributed by atoms with Crippen molar-refractivity contribution in [2.45, 2.75) is 25.7 Å². The Kier molecular flexibility index (Phi) is 9.02. The average molecular weight is 431 g/mol. The zero-order valence-electron chi connectivity index (χ0n) is 18.4. The van der Waals surface area contributed by atoms with Gasteiger partial charge in [0.15, 0.2) is 0 Å². The van der Waals surface area contributed by atoms with Crippen molar-refractivity contribution < 1.29 is 14.3 Å². The summed E-state index contributed by atoms with van der Waals surface area (Å²) in [6, 6.07) is 27.1. The summed E-state index contributed by atoms with van der Waals surface area (Å²) in [7, 11) is 0. The fraction of sp³-hybridized carbons (Fsp3) is 0.259. The summed E-state index contributed by atoms with van der Waals surface area (Å²) in [6.07, 6.45) is 1.07. The second kappa shape index (κ2) is 12.4. The molecule has 0 saturated heterocycles. The van der Waals surface area contributed by atoms with Crippen molar-refractivity contribution in [1.29, 1.82) is 0 Å². The van der Waals surface area contributed by atoms with Crippen LogP contribution in [0, 0.1) is 0 Å². The van der Waals surface area contributed by atoms with Gasteiger partial charge in [-0.05, 0) is 42.7 Å². The number of benzene rings is 3. The first-order valence-corrected chi connectivity index (χ1v) is 11.0. The minimum Gasteiger partial charge on any atom is -0.382 e. The van der Waals surface area contributed by atoms with Crippen LogP contribution in [-0.2, 0) is 9.53 Å². The van der Waals surface area contributed by atoms with Gasteiger partial charge < -0.3 is 15.4 Å². The van der Waals surface area contributed by atoms with Crippen molar-refractivity contribution >= 4 is 17.5 Å². The van der Waals surface area contributed by atoms with Gasteiger partial charge in [0.25, 0.3) is 5.91 Å². The van der Waals surface area contributed by atoms with Crippen LogP contribution >= 0.6 is 0 Å². The maximum absolute atomic E-state index is 12.9. The quantitative estimate of drug-likeness (QED) is 0.421. The van der Waals surface area contributed by atoms with Crippen LogP contribution in [0.5, 0.6) is 0 Å². The van der Waals surface area contributed by atoms with Crippen LogP contribution in [0.2, 0.25) is 0 Å². The molecule has 0 aromatic heterocycles. The number of amides is 2. The van der Waals surface area contributed by atoms with Crippen molar-refractivity contribution in [3.63, 3.8) is 0 Å². The molecule has 0 spiro atoms. The van der Waals surface area contributed by atoms with Gasteiger partial charge in [-0.2, -0.15) is 0 Å². The monoisotopic (exact) mass is 430 g/mol. The number of nitrogens with one attached hydrogen (secondary N) is 2. The lowest BCUT2D eigenvalue weighted by atomic mass is 9.88. The van der Waals surface area contributed by atoms with Crippen molar-refractivity contribution in [2.75, 3.05) is 25.1 Å². The Morgan fingerprint density at radius 2 is 1.53 bits per heavy atom. The van der Waals surface area contributed by atoms with Crippen LogP contribution in [0.1, 0.15) is 47.2 Å². The third kappa shape index (κ3) is 7.06. The van der Waals surface area contributed by atoms with Crippen LogP contribution in [0.4, 0.5) is 5.69 Å². The highest BCUT2D eigenvalue weighted by atomic mass is 16.5. The fourth-order valence-corrected chi connectivity index (χ4v) is 3.56. The smallest absolute Gasteiger partial charge is 0.251 e. The molecule has 0 radical (unpaired) electrons. The average Bonchev–Trinajstić information content (AvgIpc) is 2.83. The highest BCUT2D eigenvalue weighted by Crippen LogP contribution is 2.28. The summed E-state index contributed by atoms with van der Waals surface area (Å²) >= 11 is 0. The Morgan fingerprint density at radius 1 is 0.875 bits per heavy atom. The van der Waals surface area contributed by atoms with Gasteiger partial charge in [-0.3, -0.25) is 9.59 Å². The molecule has 5 heteroatoms. The van der Waals surface area contributed by atoms with E-state index in [1.807, 2.05) is 67.6 Å². The van der Waals surface area contributed by atoms with Gasteiger partial charge in [-0.25, -0.2) is 0 Å². The van der Waals surface area contributed by atoms with Crippen molar-refractivity contribution in [3.05, 3.63) is 102 Å². The lowest BCUT2D eigenvalue weighted by Crippen LogP contribution is -2.25. The van der Waals surface area contributed by atoms with Crippen molar-refractivity contribution in [2.24, 2.45) is 0 Å². The number of anilines is 1. The van der Waals surface area contributed by atoms with E-state index >= 15 is 0 Å². The normalized spacial score (nSPS) is 10.7. The van der Waals surface area contributed by atoms with Crippen LogP contribution in [-0.4, -0.2) is 31.6 Å². The second-order valence-corrected chi connectivity index (χ2v) is 7.51. The predicted molar refractivity (Wildman–Crippen MR) is 128 cm³/mol. The van der Waals surface area contributed by atoms with Crippen LogP contribution < -0.4 is 10.6 Å². The summed E-state index contributed by atoms with van der Waals surface area (Å²) in [6.45, 7) is 3.79. The summed E-state index contributed by atoms with van der Waals surface area (Å²) in [5.41, 5.74) is 3.31. The third-order valence-electron chi connectivity index (χ3n) is 5.16. The fourth-order valence-electron chi connectivity index (χ4n) is 3.56. The molecule has 0 fully saturated rings. The number of hydrogen-bond donors (Lipinski definition) is 2. The highest BCUT2D eigenvalue weighted by molar-refractivity contribution is 5.97. The molecule has 0 aliphatic heterocycles. The molecule has 0 saturated carbocycles. The molecule has 0 heterocycles. The summed E-state index contributed by atoms with van der Waals surface area (Å²) < 4.78 is 5.28.